The number of hydrogen-bond donors (Lipinski definition) is 1. The van der Waals surface area contributed by atoms with Crippen LogP contribution in [0, 0.1) is 18.3 Å². The standard InChI is InChI=1S/C21H17BrN2O3/c1-13-9-16(17(11-23)21(25)24-13)14-7-8-19(20(10-14)26-2)27-12-15-5-3-4-6-18(15)22/h3-10H,12H2,1-2H3,(H,24,25). The third-order valence-corrected chi connectivity index (χ3v) is 4.87. The molecule has 0 spiro atoms. The first-order valence-electron chi connectivity index (χ1n) is 8.22. The second kappa shape index (κ2) is 8.11. The number of pyridine rings is 1. The highest BCUT2D eigenvalue weighted by Crippen LogP contribution is 2.34. The lowest BCUT2D eigenvalue weighted by Crippen LogP contribution is -2.12. The highest BCUT2D eigenvalue weighted by Gasteiger charge is 2.13. The highest BCUT2D eigenvalue weighted by molar-refractivity contribution is 9.10. The molecule has 1 aromatic heterocycles. The molecule has 1 heterocycles. The van der Waals surface area contributed by atoms with Gasteiger partial charge in [0.15, 0.2) is 11.5 Å². The van der Waals surface area contributed by atoms with E-state index in [0.29, 0.717) is 34.9 Å². The summed E-state index contributed by atoms with van der Waals surface area (Å²) in [6, 6.07) is 16.9. The van der Waals surface area contributed by atoms with Crippen molar-refractivity contribution < 1.29 is 9.47 Å². The van der Waals surface area contributed by atoms with Crippen LogP contribution in [0.15, 0.2) is 57.8 Å². The molecule has 0 saturated heterocycles. The van der Waals surface area contributed by atoms with Gasteiger partial charge in [0.05, 0.1) is 7.11 Å². The molecule has 27 heavy (non-hydrogen) atoms. The van der Waals surface area contributed by atoms with Crippen molar-refractivity contribution in [3.8, 4) is 28.7 Å². The molecule has 0 bridgehead atoms. The van der Waals surface area contributed by atoms with E-state index in [9.17, 15) is 10.1 Å². The van der Waals surface area contributed by atoms with E-state index < -0.39 is 5.56 Å². The largest absolute Gasteiger partial charge is 0.493 e. The molecule has 0 unspecified atom stereocenters. The van der Waals surface area contributed by atoms with E-state index in [1.165, 1.54) is 0 Å². The van der Waals surface area contributed by atoms with E-state index in [1.54, 1.807) is 32.2 Å². The van der Waals surface area contributed by atoms with Gasteiger partial charge in [-0.3, -0.25) is 4.79 Å². The summed E-state index contributed by atoms with van der Waals surface area (Å²) in [6.07, 6.45) is 0. The average Bonchev–Trinajstić information content (AvgIpc) is 2.66. The van der Waals surface area contributed by atoms with Crippen LogP contribution in [0.3, 0.4) is 0 Å². The number of aryl methyl sites for hydroxylation is 1. The van der Waals surface area contributed by atoms with Gasteiger partial charge in [0.1, 0.15) is 18.2 Å². The molecule has 0 aliphatic carbocycles. The second-order valence-corrected chi connectivity index (χ2v) is 6.78. The number of benzene rings is 2. The zero-order valence-corrected chi connectivity index (χ0v) is 16.5. The van der Waals surface area contributed by atoms with E-state index in [4.69, 9.17) is 9.47 Å². The molecular weight excluding hydrogens is 408 g/mol. The van der Waals surface area contributed by atoms with Crippen molar-refractivity contribution in [2.45, 2.75) is 13.5 Å². The molecule has 0 amide bonds. The van der Waals surface area contributed by atoms with Crippen LogP contribution in [-0.4, -0.2) is 12.1 Å². The second-order valence-electron chi connectivity index (χ2n) is 5.93. The molecule has 3 aromatic rings. The zero-order valence-electron chi connectivity index (χ0n) is 14.9. The van der Waals surface area contributed by atoms with E-state index >= 15 is 0 Å². The Bertz CT molecular complexity index is 1080. The first-order valence-corrected chi connectivity index (χ1v) is 9.01. The molecule has 0 atom stereocenters. The van der Waals surface area contributed by atoms with Crippen LogP contribution in [0.2, 0.25) is 0 Å². The molecule has 3 rings (SSSR count). The van der Waals surface area contributed by atoms with Crippen LogP contribution < -0.4 is 15.0 Å². The van der Waals surface area contributed by atoms with E-state index in [1.807, 2.05) is 36.4 Å². The number of H-pyrrole nitrogens is 1. The Morgan fingerprint density at radius 3 is 2.63 bits per heavy atom. The summed E-state index contributed by atoms with van der Waals surface area (Å²) in [5, 5.41) is 9.34. The highest BCUT2D eigenvalue weighted by atomic mass is 79.9. The number of nitrogens with zero attached hydrogens (tertiary/aromatic N) is 1. The molecule has 0 fully saturated rings. The van der Waals surface area contributed by atoms with E-state index in [-0.39, 0.29) is 5.56 Å². The number of aromatic amines is 1. The number of aromatic nitrogens is 1. The Morgan fingerprint density at radius 2 is 1.93 bits per heavy atom. The van der Waals surface area contributed by atoms with Crippen LogP contribution in [0.4, 0.5) is 0 Å². The number of nitriles is 1. The minimum Gasteiger partial charge on any atom is -0.493 e. The molecule has 2 aromatic carbocycles. The summed E-state index contributed by atoms with van der Waals surface area (Å²) in [5.41, 5.74) is 2.65. The SMILES string of the molecule is COc1cc(-c2cc(C)[nH]c(=O)c2C#N)ccc1OCc1ccccc1Br. The summed E-state index contributed by atoms with van der Waals surface area (Å²) < 4.78 is 12.3. The Hall–Kier alpha value is -3.04. The van der Waals surface area contributed by atoms with Crippen LogP contribution in [-0.2, 0) is 6.61 Å². The zero-order chi connectivity index (χ0) is 19.4. The van der Waals surface area contributed by atoms with Crippen LogP contribution >= 0.6 is 15.9 Å². The van der Waals surface area contributed by atoms with E-state index in [2.05, 4.69) is 20.9 Å². The number of rotatable bonds is 5. The number of hydrogen-bond acceptors (Lipinski definition) is 4. The maximum absolute atomic E-state index is 12.0. The van der Waals surface area contributed by atoms with Crippen molar-refractivity contribution in [3.05, 3.63) is 80.2 Å². The van der Waals surface area contributed by atoms with Crippen LogP contribution in [0.5, 0.6) is 11.5 Å². The van der Waals surface area contributed by atoms with Gasteiger partial charge >= 0.3 is 0 Å². The summed E-state index contributed by atoms with van der Waals surface area (Å²) in [5.74, 6) is 1.11. The summed E-state index contributed by atoms with van der Waals surface area (Å²) in [4.78, 5) is 14.7. The molecule has 0 aliphatic heterocycles. The van der Waals surface area contributed by atoms with Crippen LogP contribution in [0.25, 0.3) is 11.1 Å². The number of ether oxygens (including phenoxy) is 2. The van der Waals surface area contributed by atoms with Gasteiger partial charge in [0.2, 0.25) is 0 Å². The normalized spacial score (nSPS) is 10.3. The van der Waals surface area contributed by atoms with Gasteiger partial charge in [-0.05, 0) is 36.8 Å². The minimum absolute atomic E-state index is 0.0736. The van der Waals surface area contributed by atoms with Crippen molar-refractivity contribution in [1.82, 2.24) is 4.98 Å². The number of nitrogens with one attached hydrogen (secondary N) is 1. The van der Waals surface area contributed by atoms with Crippen LogP contribution in [0.1, 0.15) is 16.8 Å². The molecule has 0 saturated carbocycles. The first kappa shape index (κ1) is 18.7. The summed E-state index contributed by atoms with van der Waals surface area (Å²) in [7, 11) is 1.55. The fraction of sp³-hybridized carbons (Fsp3) is 0.143. The average molecular weight is 425 g/mol. The van der Waals surface area contributed by atoms with Gasteiger partial charge in [-0.2, -0.15) is 5.26 Å². The van der Waals surface area contributed by atoms with Gasteiger partial charge in [-0.15, -0.1) is 0 Å². The molecule has 0 radical (unpaired) electrons. The molecule has 5 nitrogen and oxygen atoms in total. The quantitative estimate of drug-likeness (QED) is 0.650. The summed E-state index contributed by atoms with van der Waals surface area (Å²) >= 11 is 3.50. The fourth-order valence-electron chi connectivity index (χ4n) is 2.75. The Labute approximate surface area is 165 Å². The van der Waals surface area contributed by atoms with Crippen molar-refractivity contribution in [3.63, 3.8) is 0 Å². The van der Waals surface area contributed by atoms with Gasteiger partial charge in [-0.25, -0.2) is 0 Å². The van der Waals surface area contributed by atoms with Crippen molar-refractivity contribution in [2.24, 2.45) is 0 Å². The molecule has 6 heteroatoms. The van der Waals surface area contributed by atoms with Gasteiger partial charge in [0.25, 0.3) is 5.56 Å². The Balaban J connectivity index is 1.95. The predicted molar refractivity (Wildman–Crippen MR) is 107 cm³/mol. The lowest BCUT2D eigenvalue weighted by Gasteiger charge is -2.13. The number of halogens is 1. The monoisotopic (exact) mass is 424 g/mol. The fourth-order valence-corrected chi connectivity index (χ4v) is 3.15. The smallest absolute Gasteiger partial charge is 0.266 e. The number of methoxy groups -OCH3 is 1. The maximum atomic E-state index is 12.0. The van der Waals surface area contributed by atoms with Crippen molar-refractivity contribution >= 4 is 15.9 Å². The van der Waals surface area contributed by atoms with Crippen molar-refractivity contribution in [1.29, 1.82) is 5.26 Å². The van der Waals surface area contributed by atoms with Gasteiger partial charge < -0.3 is 14.5 Å². The molecular formula is C21H17BrN2O3. The predicted octanol–water partition coefficient (Wildman–Crippen LogP) is 4.57. The summed E-state index contributed by atoms with van der Waals surface area (Å²) in [6.45, 7) is 2.16. The Kier molecular flexibility index (Phi) is 5.63. The minimum atomic E-state index is -0.402. The molecule has 136 valence electrons. The molecule has 1 N–H and O–H groups in total. The maximum Gasteiger partial charge on any atom is 0.266 e. The van der Waals surface area contributed by atoms with Gasteiger partial charge in [-0.1, -0.05) is 40.2 Å². The lowest BCUT2D eigenvalue weighted by atomic mass is 10.0. The van der Waals surface area contributed by atoms with Crippen molar-refractivity contribution in [2.75, 3.05) is 7.11 Å². The Morgan fingerprint density at radius 1 is 1.15 bits per heavy atom. The third-order valence-electron chi connectivity index (χ3n) is 4.10. The molecule has 0 aliphatic rings. The first-order chi connectivity index (χ1) is 13.0. The van der Waals surface area contributed by atoms with Gasteiger partial charge in [0, 0.05) is 21.3 Å². The topological polar surface area (TPSA) is 75.1 Å². The van der Waals surface area contributed by atoms with E-state index in [0.717, 1.165) is 10.0 Å². The lowest BCUT2D eigenvalue weighted by molar-refractivity contribution is 0.284. The third kappa shape index (κ3) is 4.04.